The molecule has 148 valence electrons. The standard InChI is InChI=1S/C22H27ClN4S/c1-5-17-18(15-8-6-14(2)7-9-15)19-20(24-22(23)25-21(19)28-17)27(4)16-10-12-26(3)13-11-16/h6-9,16H,5,10-13H2,1-4H3. The van der Waals surface area contributed by atoms with Crippen LogP contribution in [0.25, 0.3) is 21.3 Å². The largest absolute Gasteiger partial charge is 0.356 e. The zero-order chi connectivity index (χ0) is 19.8. The van der Waals surface area contributed by atoms with Gasteiger partial charge in [-0.25, -0.2) is 4.98 Å². The van der Waals surface area contributed by atoms with Gasteiger partial charge in [0.2, 0.25) is 5.28 Å². The predicted molar refractivity (Wildman–Crippen MR) is 121 cm³/mol. The molecule has 0 spiro atoms. The Morgan fingerprint density at radius 3 is 2.50 bits per heavy atom. The summed E-state index contributed by atoms with van der Waals surface area (Å²) in [5, 5.41) is 1.48. The average Bonchev–Trinajstić information content (AvgIpc) is 3.06. The number of likely N-dealkylation sites (tertiary alicyclic amines) is 1. The maximum Gasteiger partial charge on any atom is 0.225 e. The number of aromatic nitrogens is 2. The molecule has 1 aliphatic rings. The Bertz CT molecular complexity index is 974. The first-order chi connectivity index (χ1) is 13.5. The summed E-state index contributed by atoms with van der Waals surface area (Å²) < 4.78 is 0. The fraction of sp³-hybridized carbons (Fsp3) is 0.455. The van der Waals surface area contributed by atoms with Crippen molar-refractivity contribution in [3.8, 4) is 11.1 Å². The number of piperidine rings is 1. The van der Waals surface area contributed by atoms with Crippen molar-refractivity contribution < 1.29 is 0 Å². The number of aryl methyl sites for hydroxylation is 2. The number of benzene rings is 1. The second-order valence-corrected chi connectivity index (χ2v) is 9.18. The Morgan fingerprint density at radius 2 is 1.86 bits per heavy atom. The van der Waals surface area contributed by atoms with Crippen molar-refractivity contribution in [2.75, 3.05) is 32.1 Å². The molecular formula is C22H27ClN4S. The van der Waals surface area contributed by atoms with E-state index in [1.807, 2.05) is 0 Å². The number of hydrogen-bond acceptors (Lipinski definition) is 5. The van der Waals surface area contributed by atoms with Gasteiger partial charge < -0.3 is 9.80 Å². The molecule has 4 rings (SSSR count). The van der Waals surface area contributed by atoms with Crippen LogP contribution in [0.5, 0.6) is 0 Å². The molecule has 0 bridgehead atoms. The van der Waals surface area contributed by atoms with Crippen molar-refractivity contribution in [1.82, 2.24) is 14.9 Å². The van der Waals surface area contributed by atoms with Gasteiger partial charge in [0.15, 0.2) is 0 Å². The molecule has 3 heterocycles. The van der Waals surface area contributed by atoms with Crippen LogP contribution in [0.2, 0.25) is 5.28 Å². The fourth-order valence-electron chi connectivity index (χ4n) is 4.09. The topological polar surface area (TPSA) is 32.3 Å². The van der Waals surface area contributed by atoms with Crippen molar-refractivity contribution in [3.05, 3.63) is 40.0 Å². The monoisotopic (exact) mass is 414 g/mol. The van der Waals surface area contributed by atoms with E-state index < -0.39 is 0 Å². The summed E-state index contributed by atoms with van der Waals surface area (Å²) in [6, 6.07) is 9.25. The van der Waals surface area contributed by atoms with Crippen molar-refractivity contribution in [2.45, 2.75) is 39.2 Å². The van der Waals surface area contributed by atoms with Gasteiger partial charge in [-0.1, -0.05) is 36.8 Å². The summed E-state index contributed by atoms with van der Waals surface area (Å²) in [5.41, 5.74) is 3.77. The molecule has 4 nitrogen and oxygen atoms in total. The van der Waals surface area contributed by atoms with E-state index in [1.54, 1.807) is 11.3 Å². The smallest absolute Gasteiger partial charge is 0.225 e. The van der Waals surface area contributed by atoms with Crippen LogP contribution >= 0.6 is 22.9 Å². The quantitative estimate of drug-likeness (QED) is 0.534. The maximum atomic E-state index is 6.35. The van der Waals surface area contributed by atoms with Crippen LogP contribution < -0.4 is 4.90 Å². The molecule has 0 aliphatic carbocycles. The molecular weight excluding hydrogens is 388 g/mol. The van der Waals surface area contributed by atoms with Gasteiger partial charge in [0.25, 0.3) is 0 Å². The third-order valence-electron chi connectivity index (χ3n) is 5.81. The van der Waals surface area contributed by atoms with Crippen molar-refractivity contribution in [1.29, 1.82) is 0 Å². The van der Waals surface area contributed by atoms with Gasteiger partial charge in [-0.3, -0.25) is 0 Å². The number of hydrogen-bond donors (Lipinski definition) is 0. The molecule has 28 heavy (non-hydrogen) atoms. The molecule has 0 radical (unpaired) electrons. The lowest BCUT2D eigenvalue weighted by Gasteiger charge is -2.36. The molecule has 0 N–H and O–H groups in total. The Labute approximate surface area is 176 Å². The van der Waals surface area contributed by atoms with Crippen LogP contribution in [0.1, 0.15) is 30.2 Å². The first-order valence-corrected chi connectivity index (χ1v) is 11.1. The highest BCUT2D eigenvalue weighted by Crippen LogP contribution is 2.43. The van der Waals surface area contributed by atoms with Crippen LogP contribution in [0, 0.1) is 6.92 Å². The third kappa shape index (κ3) is 3.63. The molecule has 0 saturated carbocycles. The highest BCUT2D eigenvalue weighted by Gasteiger charge is 2.26. The number of nitrogens with zero attached hydrogens (tertiary/aromatic N) is 4. The highest BCUT2D eigenvalue weighted by atomic mass is 35.5. The molecule has 1 fully saturated rings. The van der Waals surface area contributed by atoms with Crippen molar-refractivity contribution in [3.63, 3.8) is 0 Å². The van der Waals surface area contributed by atoms with Crippen LogP contribution in [0.3, 0.4) is 0 Å². The van der Waals surface area contributed by atoms with E-state index in [0.29, 0.717) is 11.3 Å². The van der Waals surface area contributed by atoms with Crippen molar-refractivity contribution in [2.24, 2.45) is 0 Å². The molecule has 0 amide bonds. The van der Waals surface area contributed by atoms with Gasteiger partial charge in [0.1, 0.15) is 10.6 Å². The predicted octanol–water partition coefficient (Wildman–Crippen LogP) is 5.41. The second-order valence-electron chi connectivity index (χ2n) is 7.76. The normalized spacial score (nSPS) is 16.0. The van der Waals surface area contributed by atoms with E-state index in [1.165, 1.54) is 21.6 Å². The molecule has 0 atom stereocenters. The summed E-state index contributed by atoms with van der Waals surface area (Å²) in [5.74, 6) is 0.969. The maximum absolute atomic E-state index is 6.35. The minimum Gasteiger partial charge on any atom is -0.356 e. The molecule has 1 aromatic carbocycles. The molecule has 1 aliphatic heterocycles. The summed E-state index contributed by atoms with van der Waals surface area (Å²) in [6.45, 7) is 6.56. The Kier molecular flexibility index (Phi) is 5.59. The molecule has 1 saturated heterocycles. The first-order valence-electron chi connectivity index (χ1n) is 9.95. The zero-order valence-corrected chi connectivity index (χ0v) is 18.6. The van der Waals surface area contributed by atoms with E-state index in [0.717, 1.165) is 48.4 Å². The van der Waals surface area contributed by atoms with E-state index in [2.05, 4.69) is 67.0 Å². The minimum absolute atomic E-state index is 0.335. The Morgan fingerprint density at radius 1 is 1.18 bits per heavy atom. The molecule has 3 aromatic rings. The minimum atomic E-state index is 0.335. The van der Waals surface area contributed by atoms with Gasteiger partial charge in [0.05, 0.1) is 5.39 Å². The number of rotatable bonds is 4. The number of fused-ring (bicyclic) bond motifs is 1. The summed E-state index contributed by atoms with van der Waals surface area (Å²) >= 11 is 8.10. The number of anilines is 1. The highest BCUT2D eigenvalue weighted by molar-refractivity contribution is 7.19. The van der Waals surface area contributed by atoms with Gasteiger partial charge in [0, 0.05) is 23.5 Å². The summed E-state index contributed by atoms with van der Waals surface area (Å²) in [6.07, 6.45) is 3.25. The number of thiophene rings is 1. The molecule has 0 unspecified atom stereocenters. The summed E-state index contributed by atoms with van der Waals surface area (Å²) in [7, 11) is 4.36. The van der Waals surface area contributed by atoms with E-state index in [4.69, 9.17) is 16.6 Å². The Hall–Kier alpha value is -1.69. The third-order valence-corrected chi connectivity index (χ3v) is 7.21. The lowest BCUT2D eigenvalue weighted by atomic mass is 9.99. The first kappa shape index (κ1) is 19.6. The average molecular weight is 415 g/mol. The van der Waals surface area contributed by atoms with Crippen LogP contribution in [-0.2, 0) is 6.42 Å². The van der Waals surface area contributed by atoms with Crippen molar-refractivity contribution >= 4 is 39.0 Å². The second kappa shape index (κ2) is 7.97. The fourth-order valence-corrected chi connectivity index (χ4v) is 5.43. The lowest BCUT2D eigenvalue weighted by molar-refractivity contribution is 0.252. The molecule has 2 aromatic heterocycles. The van der Waals surface area contributed by atoms with Gasteiger partial charge in [-0.05, 0) is 63.5 Å². The van der Waals surface area contributed by atoms with Gasteiger partial charge in [-0.15, -0.1) is 11.3 Å². The summed E-state index contributed by atoms with van der Waals surface area (Å²) in [4.78, 5) is 16.4. The molecule has 6 heteroatoms. The zero-order valence-electron chi connectivity index (χ0n) is 17.0. The van der Waals surface area contributed by atoms with E-state index in [9.17, 15) is 0 Å². The van der Waals surface area contributed by atoms with Crippen LogP contribution in [0.15, 0.2) is 24.3 Å². The van der Waals surface area contributed by atoms with Crippen LogP contribution in [-0.4, -0.2) is 48.1 Å². The lowest BCUT2D eigenvalue weighted by Crippen LogP contribution is -2.42. The van der Waals surface area contributed by atoms with Gasteiger partial charge in [-0.2, -0.15) is 4.98 Å². The number of halogens is 1. The Balaban J connectivity index is 1.88. The SMILES string of the molecule is CCc1sc2nc(Cl)nc(N(C)C3CCN(C)CC3)c2c1-c1ccc(C)cc1. The van der Waals surface area contributed by atoms with Crippen LogP contribution in [0.4, 0.5) is 5.82 Å². The van der Waals surface area contributed by atoms with Gasteiger partial charge >= 0.3 is 0 Å². The van der Waals surface area contributed by atoms with E-state index >= 15 is 0 Å². The van der Waals surface area contributed by atoms with E-state index in [-0.39, 0.29) is 0 Å².